The van der Waals surface area contributed by atoms with Crippen molar-refractivity contribution < 1.29 is 0 Å². The summed E-state index contributed by atoms with van der Waals surface area (Å²) in [4.78, 5) is 0. The van der Waals surface area contributed by atoms with Crippen molar-refractivity contribution in [2.45, 2.75) is 65.3 Å². The summed E-state index contributed by atoms with van der Waals surface area (Å²) in [5, 5.41) is 8.01. The van der Waals surface area contributed by atoms with Gasteiger partial charge in [-0.05, 0) is 76.8 Å². The standard InChI is InChI=1S/C18H33N3/c1-14-6-7-16(13-19-18(2,3)4)15(12-14)8-9-17-10-11-20-21(17)5/h10-11,14-16,19H,6-9,12-13H2,1-5H3. The minimum absolute atomic E-state index is 0.232. The van der Waals surface area contributed by atoms with Crippen molar-refractivity contribution in [1.82, 2.24) is 15.1 Å². The third-order valence-electron chi connectivity index (χ3n) is 4.99. The maximum absolute atomic E-state index is 4.29. The molecule has 3 unspecified atom stereocenters. The quantitative estimate of drug-likeness (QED) is 0.894. The van der Waals surface area contributed by atoms with E-state index in [0.29, 0.717) is 0 Å². The lowest BCUT2D eigenvalue weighted by atomic mass is 9.72. The van der Waals surface area contributed by atoms with Gasteiger partial charge in [0.15, 0.2) is 0 Å². The topological polar surface area (TPSA) is 29.9 Å². The lowest BCUT2D eigenvalue weighted by Crippen LogP contribution is -2.42. The largest absolute Gasteiger partial charge is 0.312 e. The Morgan fingerprint density at radius 2 is 2.05 bits per heavy atom. The Morgan fingerprint density at radius 1 is 1.29 bits per heavy atom. The Morgan fingerprint density at radius 3 is 2.67 bits per heavy atom. The molecule has 2 rings (SSSR count). The number of nitrogens with one attached hydrogen (secondary N) is 1. The zero-order chi connectivity index (χ0) is 15.5. The van der Waals surface area contributed by atoms with Gasteiger partial charge in [-0.25, -0.2) is 0 Å². The Kier molecular flexibility index (Phi) is 5.48. The summed E-state index contributed by atoms with van der Waals surface area (Å²) in [5.74, 6) is 2.60. The van der Waals surface area contributed by atoms with Crippen LogP contribution in [0.3, 0.4) is 0 Å². The molecule has 0 spiro atoms. The van der Waals surface area contributed by atoms with Gasteiger partial charge in [0.05, 0.1) is 0 Å². The molecule has 1 heterocycles. The maximum atomic E-state index is 4.29. The fourth-order valence-corrected chi connectivity index (χ4v) is 3.60. The molecule has 0 aromatic carbocycles. The molecule has 1 aromatic heterocycles. The number of rotatable bonds is 5. The molecule has 1 aromatic rings. The highest BCUT2D eigenvalue weighted by molar-refractivity contribution is 5.00. The second-order valence-corrected chi connectivity index (χ2v) is 8.05. The summed E-state index contributed by atoms with van der Waals surface area (Å²) >= 11 is 0. The van der Waals surface area contributed by atoms with Crippen LogP contribution in [0.4, 0.5) is 0 Å². The van der Waals surface area contributed by atoms with Crippen molar-refractivity contribution in [3.05, 3.63) is 18.0 Å². The molecule has 3 heteroatoms. The van der Waals surface area contributed by atoms with E-state index in [1.807, 2.05) is 10.9 Å². The van der Waals surface area contributed by atoms with Crippen LogP contribution < -0.4 is 5.32 Å². The molecule has 1 aliphatic carbocycles. The monoisotopic (exact) mass is 291 g/mol. The Bertz CT molecular complexity index is 430. The first-order valence-electron chi connectivity index (χ1n) is 8.57. The van der Waals surface area contributed by atoms with E-state index >= 15 is 0 Å². The van der Waals surface area contributed by atoms with Gasteiger partial charge in [0.2, 0.25) is 0 Å². The van der Waals surface area contributed by atoms with E-state index in [1.54, 1.807) is 0 Å². The van der Waals surface area contributed by atoms with Crippen LogP contribution in [0.25, 0.3) is 0 Å². The Hall–Kier alpha value is -0.830. The van der Waals surface area contributed by atoms with Gasteiger partial charge in [0.25, 0.3) is 0 Å². The van der Waals surface area contributed by atoms with Gasteiger partial charge < -0.3 is 5.32 Å². The first-order chi connectivity index (χ1) is 9.85. The molecular weight excluding hydrogens is 258 g/mol. The third-order valence-corrected chi connectivity index (χ3v) is 4.99. The van der Waals surface area contributed by atoms with E-state index in [-0.39, 0.29) is 5.54 Å². The Balaban J connectivity index is 1.90. The van der Waals surface area contributed by atoms with Gasteiger partial charge in [-0.2, -0.15) is 5.10 Å². The SMILES string of the molecule is CC1CCC(CNC(C)(C)C)C(CCc2ccnn2C)C1. The van der Waals surface area contributed by atoms with Crippen LogP contribution in [0, 0.1) is 17.8 Å². The lowest BCUT2D eigenvalue weighted by Gasteiger charge is -2.37. The van der Waals surface area contributed by atoms with Crippen LogP contribution in [-0.2, 0) is 13.5 Å². The van der Waals surface area contributed by atoms with Gasteiger partial charge >= 0.3 is 0 Å². The molecule has 3 nitrogen and oxygen atoms in total. The van der Waals surface area contributed by atoms with Crippen LogP contribution in [0.2, 0.25) is 0 Å². The maximum Gasteiger partial charge on any atom is 0.0492 e. The zero-order valence-corrected chi connectivity index (χ0v) is 14.5. The molecule has 0 aliphatic heterocycles. The van der Waals surface area contributed by atoms with Gasteiger partial charge in [-0.1, -0.05) is 13.3 Å². The number of nitrogens with zero attached hydrogens (tertiary/aromatic N) is 2. The second-order valence-electron chi connectivity index (χ2n) is 8.05. The van der Waals surface area contributed by atoms with Crippen LogP contribution in [0.15, 0.2) is 12.3 Å². The normalized spacial score (nSPS) is 27.0. The molecule has 1 fully saturated rings. The second kappa shape index (κ2) is 6.95. The molecular formula is C18H33N3. The van der Waals surface area contributed by atoms with E-state index in [0.717, 1.165) is 17.8 Å². The highest BCUT2D eigenvalue weighted by atomic mass is 15.2. The molecule has 120 valence electrons. The van der Waals surface area contributed by atoms with E-state index in [4.69, 9.17) is 0 Å². The minimum atomic E-state index is 0.232. The summed E-state index contributed by atoms with van der Waals surface area (Å²) in [5.41, 5.74) is 1.60. The molecule has 1 N–H and O–H groups in total. The van der Waals surface area contributed by atoms with Crippen molar-refractivity contribution in [1.29, 1.82) is 0 Å². The smallest absolute Gasteiger partial charge is 0.0492 e. The summed E-state index contributed by atoms with van der Waals surface area (Å²) in [6, 6.07) is 2.16. The first-order valence-corrected chi connectivity index (χ1v) is 8.57. The molecule has 1 aliphatic rings. The molecule has 0 radical (unpaired) electrons. The van der Waals surface area contributed by atoms with Crippen LogP contribution in [0.1, 0.15) is 59.1 Å². The zero-order valence-electron chi connectivity index (χ0n) is 14.5. The van der Waals surface area contributed by atoms with Gasteiger partial charge in [-0.15, -0.1) is 0 Å². The summed E-state index contributed by atoms with van der Waals surface area (Å²) < 4.78 is 2.02. The van der Waals surface area contributed by atoms with E-state index in [2.05, 4.69) is 51.2 Å². The lowest BCUT2D eigenvalue weighted by molar-refractivity contribution is 0.165. The number of aromatic nitrogens is 2. The number of hydrogen-bond acceptors (Lipinski definition) is 2. The van der Waals surface area contributed by atoms with Crippen LogP contribution >= 0.6 is 0 Å². The van der Waals surface area contributed by atoms with Gasteiger partial charge in [0, 0.05) is 24.5 Å². The fourth-order valence-electron chi connectivity index (χ4n) is 3.60. The summed E-state index contributed by atoms with van der Waals surface area (Å²) in [7, 11) is 2.05. The molecule has 21 heavy (non-hydrogen) atoms. The van der Waals surface area contributed by atoms with Crippen molar-refractivity contribution in [3.8, 4) is 0 Å². The first kappa shape index (κ1) is 16.5. The van der Waals surface area contributed by atoms with Gasteiger partial charge in [0.1, 0.15) is 0 Å². The van der Waals surface area contributed by atoms with Crippen molar-refractivity contribution >= 4 is 0 Å². The average Bonchev–Trinajstić information content (AvgIpc) is 2.79. The minimum Gasteiger partial charge on any atom is -0.312 e. The van der Waals surface area contributed by atoms with Crippen molar-refractivity contribution in [2.75, 3.05) is 6.54 Å². The predicted molar refractivity (Wildman–Crippen MR) is 89.3 cm³/mol. The molecule has 0 saturated heterocycles. The van der Waals surface area contributed by atoms with E-state index < -0.39 is 0 Å². The number of hydrogen-bond donors (Lipinski definition) is 1. The van der Waals surface area contributed by atoms with E-state index in [9.17, 15) is 0 Å². The molecule has 0 bridgehead atoms. The van der Waals surface area contributed by atoms with Crippen LogP contribution in [-0.4, -0.2) is 21.9 Å². The summed E-state index contributed by atoms with van der Waals surface area (Å²) in [6.45, 7) is 10.4. The molecule has 0 amide bonds. The van der Waals surface area contributed by atoms with Crippen molar-refractivity contribution in [2.24, 2.45) is 24.8 Å². The molecule has 3 atom stereocenters. The number of aryl methyl sites for hydroxylation is 2. The molecule has 1 saturated carbocycles. The average molecular weight is 291 g/mol. The predicted octanol–water partition coefficient (Wildman–Crippen LogP) is 3.79. The Labute approximate surface area is 130 Å². The highest BCUT2D eigenvalue weighted by Gasteiger charge is 2.29. The van der Waals surface area contributed by atoms with Crippen molar-refractivity contribution in [3.63, 3.8) is 0 Å². The van der Waals surface area contributed by atoms with E-state index in [1.165, 1.54) is 44.3 Å². The van der Waals surface area contributed by atoms with Gasteiger partial charge in [-0.3, -0.25) is 4.68 Å². The highest BCUT2D eigenvalue weighted by Crippen LogP contribution is 2.36. The van der Waals surface area contributed by atoms with Crippen LogP contribution in [0.5, 0.6) is 0 Å². The third kappa shape index (κ3) is 5.14. The fraction of sp³-hybridized carbons (Fsp3) is 0.833. The summed E-state index contributed by atoms with van der Waals surface area (Å²) in [6.07, 6.45) is 8.57.